The maximum absolute atomic E-state index is 5.90. The molecule has 0 unspecified atom stereocenters. The zero-order chi connectivity index (χ0) is 18.9. The Morgan fingerprint density at radius 2 is 1.89 bits per heavy atom. The highest BCUT2D eigenvalue weighted by Crippen LogP contribution is 2.41. The first-order chi connectivity index (χ1) is 13.0. The van der Waals surface area contributed by atoms with Crippen molar-refractivity contribution in [2.45, 2.75) is 64.3 Å². The predicted octanol–water partition coefficient (Wildman–Crippen LogP) is 4.40. The van der Waals surface area contributed by atoms with Crippen LogP contribution in [0.25, 0.3) is 0 Å². The largest absolute Gasteiger partial charge is 0.476 e. The molecule has 5 nitrogen and oxygen atoms in total. The van der Waals surface area contributed by atoms with E-state index in [1.807, 2.05) is 23.5 Å². The van der Waals surface area contributed by atoms with Crippen LogP contribution in [-0.4, -0.2) is 39.8 Å². The summed E-state index contributed by atoms with van der Waals surface area (Å²) in [5.74, 6) is 2.01. The van der Waals surface area contributed by atoms with Gasteiger partial charge in [0.2, 0.25) is 5.88 Å². The zero-order valence-electron chi connectivity index (χ0n) is 16.6. The van der Waals surface area contributed by atoms with Crippen molar-refractivity contribution < 1.29 is 4.74 Å². The van der Waals surface area contributed by atoms with Crippen LogP contribution in [0.3, 0.4) is 0 Å². The molecule has 3 heterocycles. The van der Waals surface area contributed by atoms with Crippen LogP contribution in [-0.2, 0) is 12.0 Å². The molecular weight excluding hydrogens is 356 g/mol. The van der Waals surface area contributed by atoms with E-state index in [2.05, 4.69) is 41.2 Å². The number of rotatable bonds is 6. The molecule has 0 amide bonds. The van der Waals surface area contributed by atoms with E-state index in [4.69, 9.17) is 9.72 Å². The number of piperidine rings is 1. The first-order valence-corrected chi connectivity index (χ1v) is 11.0. The molecule has 2 aromatic heterocycles. The third-order valence-electron chi connectivity index (χ3n) is 5.46. The van der Waals surface area contributed by atoms with Crippen LogP contribution in [0.1, 0.15) is 68.8 Å². The van der Waals surface area contributed by atoms with E-state index in [1.54, 1.807) is 0 Å². The van der Waals surface area contributed by atoms with E-state index in [9.17, 15) is 0 Å². The molecule has 1 saturated carbocycles. The van der Waals surface area contributed by atoms with Crippen molar-refractivity contribution in [2.24, 2.45) is 5.92 Å². The van der Waals surface area contributed by atoms with Gasteiger partial charge in [0.15, 0.2) is 0 Å². The second kappa shape index (κ2) is 7.84. The van der Waals surface area contributed by atoms with Crippen LogP contribution in [0.2, 0.25) is 0 Å². The summed E-state index contributed by atoms with van der Waals surface area (Å²) in [7, 11) is 0. The Hall–Kier alpha value is -1.53. The topological polar surface area (TPSA) is 51.1 Å². The van der Waals surface area contributed by atoms with Gasteiger partial charge in [0.25, 0.3) is 0 Å². The van der Waals surface area contributed by atoms with E-state index in [0.717, 1.165) is 37.9 Å². The van der Waals surface area contributed by atoms with Gasteiger partial charge in [-0.3, -0.25) is 4.90 Å². The number of hydrogen-bond acceptors (Lipinski definition) is 6. The van der Waals surface area contributed by atoms with Gasteiger partial charge in [-0.1, -0.05) is 20.8 Å². The number of ether oxygens (including phenoxy) is 1. The quantitative estimate of drug-likeness (QED) is 0.736. The smallest absolute Gasteiger partial charge is 0.233 e. The minimum absolute atomic E-state index is 0.0229. The van der Waals surface area contributed by atoms with Crippen LogP contribution < -0.4 is 4.74 Å². The highest BCUT2D eigenvalue weighted by molar-refractivity contribution is 7.09. The van der Waals surface area contributed by atoms with Crippen molar-refractivity contribution in [1.82, 2.24) is 20.1 Å². The highest BCUT2D eigenvalue weighted by Gasteiger charge is 2.27. The second-order valence-corrected chi connectivity index (χ2v) is 9.88. The maximum Gasteiger partial charge on any atom is 0.233 e. The fourth-order valence-corrected chi connectivity index (χ4v) is 4.44. The standard InChI is InChI=1S/C21H30N4OS/c1-21(2,3)18-6-7-19(24-23-18)26-13-15-8-10-25(11-9-15)12-17-14-27-20(22-17)16-4-5-16/h6-7,14-16H,4-5,8-13H2,1-3H3. The fourth-order valence-electron chi connectivity index (χ4n) is 3.45. The molecule has 4 rings (SSSR count). The number of nitrogens with zero attached hydrogens (tertiary/aromatic N) is 4. The van der Waals surface area contributed by atoms with Gasteiger partial charge in [0.1, 0.15) is 0 Å². The summed E-state index contributed by atoms with van der Waals surface area (Å²) in [6.45, 7) is 10.4. The molecule has 27 heavy (non-hydrogen) atoms. The van der Waals surface area contributed by atoms with Gasteiger partial charge in [0, 0.05) is 29.3 Å². The van der Waals surface area contributed by atoms with Gasteiger partial charge in [-0.15, -0.1) is 16.4 Å². The summed E-state index contributed by atoms with van der Waals surface area (Å²) >= 11 is 1.85. The predicted molar refractivity (Wildman–Crippen MR) is 108 cm³/mol. The van der Waals surface area contributed by atoms with Crippen molar-refractivity contribution in [2.75, 3.05) is 19.7 Å². The molecule has 2 fully saturated rings. The maximum atomic E-state index is 5.90. The second-order valence-electron chi connectivity index (χ2n) is 8.99. The Balaban J connectivity index is 1.20. The van der Waals surface area contributed by atoms with Gasteiger partial charge in [-0.2, -0.15) is 5.10 Å². The number of aromatic nitrogens is 3. The number of likely N-dealkylation sites (tertiary alicyclic amines) is 1. The molecule has 1 aliphatic heterocycles. The molecule has 0 bridgehead atoms. The monoisotopic (exact) mass is 386 g/mol. The van der Waals surface area contributed by atoms with E-state index in [0.29, 0.717) is 11.8 Å². The summed E-state index contributed by atoms with van der Waals surface area (Å²) in [6, 6.07) is 3.97. The van der Waals surface area contributed by atoms with Crippen molar-refractivity contribution in [3.63, 3.8) is 0 Å². The summed E-state index contributed by atoms with van der Waals surface area (Å²) < 4.78 is 5.90. The summed E-state index contributed by atoms with van der Waals surface area (Å²) in [5.41, 5.74) is 2.27. The number of thiazole rings is 1. The average Bonchev–Trinajstić information content (AvgIpc) is 3.40. The van der Waals surface area contributed by atoms with Gasteiger partial charge < -0.3 is 4.74 Å². The Kier molecular flexibility index (Phi) is 5.46. The Morgan fingerprint density at radius 3 is 2.52 bits per heavy atom. The van der Waals surface area contributed by atoms with E-state index in [1.165, 1.54) is 36.4 Å². The van der Waals surface area contributed by atoms with Crippen LogP contribution >= 0.6 is 11.3 Å². The van der Waals surface area contributed by atoms with Crippen LogP contribution in [0.4, 0.5) is 0 Å². The SMILES string of the molecule is CC(C)(C)c1ccc(OCC2CCN(Cc3csc(C4CC4)n3)CC2)nn1. The van der Waals surface area contributed by atoms with Crippen LogP contribution in [0.15, 0.2) is 17.5 Å². The Morgan fingerprint density at radius 1 is 1.11 bits per heavy atom. The molecule has 2 aliphatic rings. The Labute approximate surface area is 166 Å². The van der Waals surface area contributed by atoms with E-state index >= 15 is 0 Å². The number of hydrogen-bond donors (Lipinski definition) is 0. The summed E-state index contributed by atoms with van der Waals surface area (Å²) in [5, 5.41) is 12.1. The highest BCUT2D eigenvalue weighted by atomic mass is 32.1. The lowest BCUT2D eigenvalue weighted by Gasteiger charge is -2.31. The normalized spacial score (nSPS) is 19.4. The molecule has 0 atom stereocenters. The van der Waals surface area contributed by atoms with Crippen LogP contribution in [0, 0.1) is 5.92 Å². The molecule has 1 aliphatic carbocycles. The Bertz CT molecular complexity index is 740. The molecule has 1 saturated heterocycles. The van der Waals surface area contributed by atoms with Crippen LogP contribution in [0.5, 0.6) is 5.88 Å². The molecule has 0 aromatic carbocycles. The lowest BCUT2D eigenvalue weighted by molar-refractivity contribution is 0.133. The van der Waals surface area contributed by atoms with Gasteiger partial charge in [0.05, 0.1) is 23.0 Å². The van der Waals surface area contributed by atoms with Gasteiger partial charge in [-0.25, -0.2) is 4.98 Å². The lowest BCUT2D eigenvalue weighted by atomic mass is 9.92. The first-order valence-electron chi connectivity index (χ1n) is 10.1. The molecule has 0 spiro atoms. The minimum Gasteiger partial charge on any atom is -0.476 e. The molecule has 0 N–H and O–H groups in total. The molecule has 6 heteroatoms. The van der Waals surface area contributed by atoms with E-state index < -0.39 is 0 Å². The summed E-state index contributed by atoms with van der Waals surface area (Å²) in [6.07, 6.45) is 5.02. The lowest BCUT2D eigenvalue weighted by Crippen LogP contribution is -2.35. The molecule has 2 aromatic rings. The van der Waals surface area contributed by atoms with Crippen molar-refractivity contribution in [1.29, 1.82) is 0 Å². The van der Waals surface area contributed by atoms with Crippen molar-refractivity contribution >= 4 is 11.3 Å². The van der Waals surface area contributed by atoms with E-state index in [-0.39, 0.29) is 5.41 Å². The van der Waals surface area contributed by atoms with Gasteiger partial charge in [-0.05, 0) is 50.8 Å². The van der Waals surface area contributed by atoms with Crippen molar-refractivity contribution in [3.8, 4) is 5.88 Å². The summed E-state index contributed by atoms with van der Waals surface area (Å²) in [4.78, 5) is 7.35. The molecular formula is C21H30N4OS. The zero-order valence-corrected chi connectivity index (χ0v) is 17.5. The van der Waals surface area contributed by atoms with Crippen molar-refractivity contribution in [3.05, 3.63) is 33.9 Å². The van der Waals surface area contributed by atoms with Gasteiger partial charge >= 0.3 is 0 Å². The molecule has 146 valence electrons. The average molecular weight is 387 g/mol. The molecule has 0 radical (unpaired) electrons. The third-order valence-corrected chi connectivity index (χ3v) is 6.52. The fraction of sp³-hybridized carbons (Fsp3) is 0.667. The third kappa shape index (κ3) is 5.05. The first kappa shape index (κ1) is 18.8. The minimum atomic E-state index is 0.0229.